The summed E-state index contributed by atoms with van der Waals surface area (Å²) in [6.45, 7) is 2.97. The molecule has 0 bridgehead atoms. The van der Waals surface area contributed by atoms with Gasteiger partial charge in [-0.1, -0.05) is 12.1 Å². The molecule has 0 radical (unpaired) electrons. The number of benzene rings is 1. The molecule has 1 unspecified atom stereocenters. The van der Waals surface area contributed by atoms with E-state index in [4.69, 9.17) is 4.74 Å². The lowest BCUT2D eigenvalue weighted by molar-refractivity contribution is -0.121. The Bertz CT molecular complexity index is 477. The summed E-state index contributed by atoms with van der Waals surface area (Å²) < 4.78 is 4.91. The van der Waals surface area contributed by atoms with Crippen molar-refractivity contribution in [3.05, 3.63) is 34.2 Å². The van der Waals surface area contributed by atoms with Crippen molar-refractivity contribution in [3.8, 4) is 0 Å². The van der Waals surface area contributed by atoms with Gasteiger partial charge in [0, 0.05) is 32.7 Å². The van der Waals surface area contributed by atoms with E-state index in [9.17, 15) is 9.70 Å². The minimum atomic E-state index is -0.00662. The van der Waals surface area contributed by atoms with Crippen LogP contribution < -0.4 is 10.6 Å². The van der Waals surface area contributed by atoms with Crippen LogP contribution in [0.15, 0.2) is 23.4 Å². The predicted octanol–water partition coefficient (Wildman–Crippen LogP) is 2.41. The Morgan fingerprint density at radius 3 is 2.81 bits per heavy atom. The molecule has 1 amide bonds. The van der Waals surface area contributed by atoms with E-state index in [1.807, 2.05) is 20.0 Å². The maximum atomic E-state index is 11.6. The van der Waals surface area contributed by atoms with Crippen LogP contribution in [0.25, 0.3) is 0 Å². The Labute approximate surface area is 125 Å². The smallest absolute Gasteiger partial charge is 0.220 e. The fourth-order valence-corrected chi connectivity index (χ4v) is 1.97. The molecule has 0 fully saturated rings. The number of rotatable bonds is 9. The number of ether oxygens (including phenoxy) is 1. The molecule has 21 heavy (non-hydrogen) atoms. The third-order valence-electron chi connectivity index (χ3n) is 3.33. The first-order chi connectivity index (χ1) is 10.1. The van der Waals surface area contributed by atoms with Crippen molar-refractivity contribution in [2.24, 2.45) is 5.18 Å². The largest absolute Gasteiger partial charge is 0.385 e. The SMILES string of the molecule is CNC(C)c1cc(CNC(=O)CCCOC)ccc1N=O. The van der Waals surface area contributed by atoms with Gasteiger partial charge < -0.3 is 15.4 Å². The third kappa shape index (κ3) is 5.61. The minimum Gasteiger partial charge on any atom is -0.385 e. The van der Waals surface area contributed by atoms with Gasteiger partial charge in [0.2, 0.25) is 5.91 Å². The van der Waals surface area contributed by atoms with Crippen LogP contribution in [-0.4, -0.2) is 26.7 Å². The van der Waals surface area contributed by atoms with Gasteiger partial charge in [-0.05, 0) is 42.8 Å². The summed E-state index contributed by atoms with van der Waals surface area (Å²) in [5, 5.41) is 8.97. The molecule has 0 aliphatic heterocycles. The van der Waals surface area contributed by atoms with E-state index in [1.54, 1.807) is 19.2 Å². The highest BCUT2D eigenvalue weighted by Crippen LogP contribution is 2.26. The van der Waals surface area contributed by atoms with Gasteiger partial charge >= 0.3 is 0 Å². The summed E-state index contributed by atoms with van der Waals surface area (Å²) in [5.74, 6) is -0.00662. The van der Waals surface area contributed by atoms with Crippen molar-refractivity contribution in [2.75, 3.05) is 20.8 Å². The Hall–Kier alpha value is -1.79. The van der Waals surface area contributed by atoms with Crippen molar-refractivity contribution in [3.63, 3.8) is 0 Å². The van der Waals surface area contributed by atoms with Crippen LogP contribution in [0.2, 0.25) is 0 Å². The van der Waals surface area contributed by atoms with E-state index in [-0.39, 0.29) is 11.9 Å². The first kappa shape index (κ1) is 17.3. The normalized spacial score (nSPS) is 12.0. The fourth-order valence-electron chi connectivity index (χ4n) is 1.97. The fraction of sp³-hybridized carbons (Fsp3) is 0.533. The van der Waals surface area contributed by atoms with Gasteiger partial charge in [0.1, 0.15) is 5.69 Å². The summed E-state index contributed by atoms with van der Waals surface area (Å²) in [4.78, 5) is 22.5. The summed E-state index contributed by atoms with van der Waals surface area (Å²) in [7, 11) is 3.44. The Morgan fingerprint density at radius 2 is 2.19 bits per heavy atom. The monoisotopic (exact) mass is 293 g/mol. The first-order valence-electron chi connectivity index (χ1n) is 7.01. The van der Waals surface area contributed by atoms with E-state index >= 15 is 0 Å². The number of amides is 1. The van der Waals surface area contributed by atoms with Crippen LogP contribution in [0.1, 0.15) is 36.9 Å². The number of carbonyl (C=O) groups excluding carboxylic acids is 1. The molecule has 6 nitrogen and oxygen atoms in total. The summed E-state index contributed by atoms with van der Waals surface area (Å²) in [5.41, 5.74) is 2.20. The van der Waals surface area contributed by atoms with Crippen molar-refractivity contribution < 1.29 is 9.53 Å². The number of hydrogen-bond donors (Lipinski definition) is 2. The predicted molar refractivity (Wildman–Crippen MR) is 82.3 cm³/mol. The van der Waals surface area contributed by atoms with Gasteiger partial charge in [0.25, 0.3) is 0 Å². The average Bonchev–Trinajstić information content (AvgIpc) is 2.52. The second kappa shape index (κ2) is 9.20. The van der Waals surface area contributed by atoms with Crippen molar-refractivity contribution in [1.29, 1.82) is 0 Å². The molecular formula is C15H23N3O3. The zero-order valence-corrected chi connectivity index (χ0v) is 12.8. The van der Waals surface area contributed by atoms with E-state index in [1.165, 1.54) is 0 Å². The molecule has 1 aromatic rings. The van der Waals surface area contributed by atoms with Gasteiger partial charge in [0.05, 0.1) is 0 Å². The number of carbonyl (C=O) groups is 1. The lowest BCUT2D eigenvalue weighted by Crippen LogP contribution is -2.23. The Kier molecular flexibility index (Phi) is 7.56. The number of nitrogens with one attached hydrogen (secondary N) is 2. The maximum Gasteiger partial charge on any atom is 0.220 e. The second-order valence-corrected chi connectivity index (χ2v) is 4.87. The van der Waals surface area contributed by atoms with Gasteiger partial charge in [0.15, 0.2) is 0 Å². The third-order valence-corrected chi connectivity index (χ3v) is 3.33. The second-order valence-electron chi connectivity index (χ2n) is 4.87. The molecule has 1 rings (SSSR count). The molecule has 0 aliphatic rings. The van der Waals surface area contributed by atoms with E-state index in [2.05, 4.69) is 15.8 Å². The number of hydrogen-bond acceptors (Lipinski definition) is 5. The number of nitrogens with zero attached hydrogens (tertiary/aromatic N) is 1. The zero-order chi connectivity index (χ0) is 15.7. The quantitative estimate of drug-likeness (QED) is 0.541. The zero-order valence-electron chi connectivity index (χ0n) is 12.8. The highest BCUT2D eigenvalue weighted by Gasteiger charge is 2.11. The lowest BCUT2D eigenvalue weighted by atomic mass is 10.0. The summed E-state index contributed by atoms with van der Waals surface area (Å²) >= 11 is 0. The van der Waals surface area contributed by atoms with Crippen LogP contribution in [0.5, 0.6) is 0 Å². The van der Waals surface area contributed by atoms with Gasteiger partial charge in [-0.25, -0.2) is 0 Å². The molecule has 0 saturated carbocycles. The average molecular weight is 293 g/mol. The summed E-state index contributed by atoms with van der Waals surface area (Å²) in [6.07, 6.45) is 1.15. The van der Waals surface area contributed by atoms with Gasteiger partial charge in [-0.3, -0.25) is 4.79 Å². The molecule has 0 spiro atoms. The van der Waals surface area contributed by atoms with Gasteiger partial charge in [-0.2, -0.15) is 0 Å². The molecular weight excluding hydrogens is 270 g/mol. The van der Waals surface area contributed by atoms with Crippen LogP contribution in [0, 0.1) is 4.91 Å². The number of nitroso groups, excluding NO2 is 1. The summed E-state index contributed by atoms with van der Waals surface area (Å²) in [6, 6.07) is 5.41. The molecule has 1 atom stereocenters. The van der Waals surface area contributed by atoms with Crippen LogP contribution in [0.4, 0.5) is 5.69 Å². The van der Waals surface area contributed by atoms with Crippen LogP contribution in [0.3, 0.4) is 0 Å². The minimum absolute atomic E-state index is 0.00662. The first-order valence-corrected chi connectivity index (χ1v) is 7.01. The van der Waals surface area contributed by atoms with E-state index < -0.39 is 0 Å². The molecule has 6 heteroatoms. The molecule has 0 aromatic heterocycles. The molecule has 0 aliphatic carbocycles. The molecule has 1 aromatic carbocycles. The van der Waals surface area contributed by atoms with Crippen molar-refractivity contribution >= 4 is 11.6 Å². The molecule has 2 N–H and O–H groups in total. The maximum absolute atomic E-state index is 11.6. The van der Waals surface area contributed by atoms with E-state index in [0.29, 0.717) is 31.7 Å². The Balaban J connectivity index is 2.63. The van der Waals surface area contributed by atoms with Gasteiger partial charge in [-0.15, -0.1) is 4.91 Å². The highest BCUT2D eigenvalue weighted by atomic mass is 16.5. The van der Waals surface area contributed by atoms with Crippen molar-refractivity contribution in [1.82, 2.24) is 10.6 Å². The molecule has 116 valence electrons. The lowest BCUT2D eigenvalue weighted by Gasteiger charge is -2.14. The van der Waals surface area contributed by atoms with Crippen LogP contribution >= 0.6 is 0 Å². The van der Waals surface area contributed by atoms with Crippen LogP contribution in [-0.2, 0) is 16.1 Å². The molecule has 0 heterocycles. The standard InChI is InChI=1S/C15H23N3O3/c1-11(16-2)13-9-12(6-7-14(13)18-20)10-17-15(19)5-4-8-21-3/h6-7,9,11,16H,4-5,8,10H2,1-3H3,(H,17,19). The molecule has 0 saturated heterocycles. The Morgan fingerprint density at radius 1 is 1.43 bits per heavy atom. The van der Waals surface area contributed by atoms with Crippen molar-refractivity contribution in [2.45, 2.75) is 32.4 Å². The topological polar surface area (TPSA) is 79.8 Å². The highest BCUT2D eigenvalue weighted by molar-refractivity contribution is 5.75. The van der Waals surface area contributed by atoms with E-state index in [0.717, 1.165) is 11.1 Å². The number of methoxy groups -OCH3 is 1.